The summed E-state index contributed by atoms with van der Waals surface area (Å²) in [7, 11) is 0. The molecule has 6 heteroatoms. The molecule has 0 fully saturated rings. The summed E-state index contributed by atoms with van der Waals surface area (Å²) in [5.41, 5.74) is 0.228. The molecule has 1 amide bonds. The standard InChI is InChI=1S/C12H18ClN3O2/c1-3-14-10-6-5-9(13)11(16-10)12(17)15-7-8-18-4-2/h5-6H,3-4,7-8H2,1-2H3,(H,14,16)(H,15,17). The van der Waals surface area contributed by atoms with Crippen LogP contribution < -0.4 is 10.6 Å². The van der Waals surface area contributed by atoms with Gasteiger partial charge in [0, 0.05) is 19.7 Å². The van der Waals surface area contributed by atoms with Gasteiger partial charge >= 0.3 is 0 Å². The van der Waals surface area contributed by atoms with Gasteiger partial charge in [-0.3, -0.25) is 4.79 Å². The summed E-state index contributed by atoms with van der Waals surface area (Å²) in [5, 5.41) is 6.08. The molecule has 5 nitrogen and oxygen atoms in total. The monoisotopic (exact) mass is 271 g/mol. The van der Waals surface area contributed by atoms with Crippen molar-refractivity contribution in [2.75, 3.05) is 31.6 Å². The van der Waals surface area contributed by atoms with E-state index in [2.05, 4.69) is 15.6 Å². The molecule has 0 bridgehead atoms. The first kappa shape index (κ1) is 14.7. The molecule has 0 radical (unpaired) electrons. The molecule has 0 spiro atoms. The fourth-order valence-corrected chi connectivity index (χ4v) is 1.54. The lowest BCUT2D eigenvalue weighted by atomic mass is 10.3. The van der Waals surface area contributed by atoms with Crippen LogP contribution in [0.15, 0.2) is 12.1 Å². The Labute approximate surface area is 112 Å². The molecule has 0 aliphatic rings. The fraction of sp³-hybridized carbons (Fsp3) is 0.500. The molecule has 2 N–H and O–H groups in total. The van der Waals surface area contributed by atoms with E-state index in [1.54, 1.807) is 12.1 Å². The van der Waals surface area contributed by atoms with E-state index in [1.807, 2.05) is 13.8 Å². The second kappa shape index (κ2) is 7.89. The van der Waals surface area contributed by atoms with Crippen molar-refractivity contribution in [1.82, 2.24) is 10.3 Å². The molecule has 1 rings (SSSR count). The van der Waals surface area contributed by atoms with Gasteiger partial charge in [-0.05, 0) is 26.0 Å². The van der Waals surface area contributed by atoms with Crippen LogP contribution in [0.3, 0.4) is 0 Å². The van der Waals surface area contributed by atoms with Crippen molar-refractivity contribution in [3.63, 3.8) is 0 Å². The number of rotatable bonds is 7. The topological polar surface area (TPSA) is 63.2 Å². The zero-order valence-electron chi connectivity index (χ0n) is 10.6. The molecule has 1 heterocycles. The van der Waals surface area contributed by atoms with Crippen LogP contribution in [0.1, 0.15) is 24.3 Å². The number of carbonyl (C=O) groups excluding carboxylic acids is 1. The van der Waals surface area contributed by atoms with E-state index in [-0.39, 0.29) is 11.6 Å². The van der Waals surface area contributed by atoms with Gasteiger partial charge in [0.1, 0.15) is 11.5 Å². The summed E-state index contributed by atoms with van der Waals surface area (Å²) in [5.74, 6) is 0.344. The van der Waals surface area contributed by atoms with Crippen molar-refractivity contribution < 1.29 is 9.53 Å². The van der Waals surface area contributed by atoms with E-state index in [9.17, 15) is 4.79 Å². The number of hydrogen-bond donors (Lipinski definition) is 2. The molecule has 0 saturated carbocycles. The van der Waals surface area contributed by atoms with E-state index in [0.29, 0.717) is 30.6 Å². The van der Waals surface area contributed by atoms with E-state index in [1.165, 1.54) is 0 Å². The largest absolute Gasteiger partial charge is 0.380 e. The summed E-state index contributed by atoms with van der Waals surface area (Å²) < 4.78 is 5.13. The first-order chi connectivity index (χ1) is 8.69. The molecule has 100 valence electrons. The highest BCUT2D eigenvalue weighted by molar-refractivity contribution is 6.33. The molecule has 0 saturated heterocycles. The van der Waals surface area contributed by atoms with Gasteiger partial charge in [0.05, 0.1) is 11.6 Å². The molecule has 1 aromatic rings. The number of nitrogens with one attached hydrogen (secondary N) is 2. The predicted octanol–water partition coefficient (Wildman–Crippen LogP) is 1.93. The number of nitrogens with zero attached hydrogens (tertiary/aromatic N) is 1. The number of carbonyl (C=O) groups is 1. The summed E-state index contributed by atoms with van der Waals surface area (Å²) in [4.78, 5) is 16.0. The third-order valence-corrected chi connectivity index (χ3v) is 2.46. The molecule has 0 unspecified atom stereocenters. The lowest BCUT2D eigenvalue weighted by molar-refractivity contribution is 0.0918. The minimum Gasteiger partial charge on any atom is -0.380 e. The van der Waals surface area contributed by atoms with Gasteiger partial charge in [-0.2, -0.15) is 0 Å². The fourth-order valence-electron chi connectivity index (χ4n) is 1.35. The average molecular weight is 272 g/mol. The number of pyridine rings is 1. The lowest BCUT2D eigenvalue weighted by Gasteiger charge is -2.08. The highest BCUT2D eigenvalue weighted by Crippen LogP contribution is 2.16. The van der Waals surface area contributed by atoms with Crippen molar-refractivity contribution in [3.8, 4) is 0 Å². The first-order valence-corrected chi connectivity index (χ1v) is 6.33. The minimum absolute atomic E-state index is 0.228. The highest BCUT2D eigenvalue weighted by atomic mass is 35.5. The minimum atomic E-state index is -0.292. The maximum atomic E-state index is 11.8. The number of amides is 1. The van der Waals surface area contributed by atoms with Crippen LogP contribution in [0.2, 0.25) is 5.02 Å². The Balaban J connectivity index is 2.63. The van der Waals surface area contributed by atoms with Crippen molar-refractivity contribution in [2.24, 2.45) is 0 Å². The Morgan fingerprint density at radius 2 is 2.22 bits per heavy atom. The van der Waals surface area contributed by atoms with Crippen molar-refractivity contribution in [3.05, 3.63) is 22.8 Å². The van der Waals surface area contributed by atoms with E-state index in [4.69, 9.17) is 16.3 Å². The van der Waals surface area contributed by atoms with Gasteiger partial charge in [-0.25, -0.2) is 4.98 Å². The van der Waals surface area contributed by atoms with E-state index < -0.39 is 0 Å². The quantitative estimate of drug-likeness (QED) is 0.744. The molecular formula is C12H18ClN3O2. The van der Waals surface area contributed by atoms with Crippen molar-refractivity contribution in [1.29, 1.82) is 0 Å². The van der Waals surface area contributed by atoms with Crippen LogP contribution in [0.25, 0.3) is 0 Å². The lowest BCUT2D eigenvalue weighted by Crippen LogP contribution is -2.28. The molecule has 0 atom stereocenters. The van der Waals surface area contributed by atoms with Crippen LogP contribution in [-0.4, -0.2) is 37.2 Å². The highest BCUT2D eigenvalue weighted by Gasteiger charge is 2.12. The molecule has 0 aliphatic carbocycles. The molecule has 1 aromatic heterocycles. The van der Waals surface area contributed by atoms with E-state index in [0.717, 1.165) is 6.54 Å². The van der Waals surface area contributed by atoms with Crippen LogP contribution in [0, 0.1) is 0 Å². The summed E-state index contributed by atoms with van der Waals surface area (Å²) >= 11 is 5.95. The van der Waals surface area contributed by atoms with Gasteiger partial charge in [0.25, 0.3) is 5.91 Å². The van der Waals surface area contributed by atoms with Crippen molar-refractivity contribution in [2.45, 2.75) is 13.8 Å². The number of aromatic nitrogens is 1. The summed E-state index contributed by atoms with van der Waals surface area (Å²) in [6.45, 7) is 6.14. The maximum Gasteiger partial charge on any atom is 0.271 e. The Morgan fingerprint density at radius 1 is 1.44 bits per heavy atom. The number of anilines is 1. The zero-order valence-corrected chi connectivity index (χ0v) is 11.4. The first-order valence-electron chi connectivity index (χ1n) is 5.95. The second-order valence-corrected chi connectivity index (χ2v) is 3.92. The molecular weight excluding hydrogens is 254 g/mol. The predicted molar refractivity (Wildman–Crippen MR) is 72.2 cm³/mol. The van der Waals surface area contributed by atoms with Gasteiger partial charge in [-0.1, -0.05) is 11.6 Å². The number of hydrogen-bond acceptors (Lipinski definition) is 4. The Bertz CT molecular complexity index is 399. The van der Waals surface area contributed by atoms with Gasteiger partial charge in [-0.15, -0.1) is 0 Å². The van der Waals surface area contributed by atoms with Gasteiger partial charge in [0.2, 0.25) is 0 Å². The maximum absolute atomic E-state index is 11.8. The Hall–Kier alpha value is -1.33. The Kier molecular flexibility index (Phi) is 6.46. The zero-order chi connectivity index (χ0) is 13.4. The van der Waals surface area contributed by atoms with Crippen LogP contribution in [-0.2, 0) is 4.74 Å². The molecule has 0 aliphatic heterocycles. The van der Waals surface area contributed by atoms with Gasteiger partial charge < -0.3 is 15.4 Å². The summed E-state index contributed by atoms with van der Waals surface area (Å²) in [6.07, 6.45) is 0. The van der Waals surface area contributed by atoms with E-state index >= 15 is 0 Å². The van der Waals surface area contributed by atoms with Gasteiger partial charge in [0.15, 0.2) is 0 Å². The Morgan fingerprint density at radius 3 is 2.89 bits per heavy atom. The van der Waals surface area contributed by atoms with Crippen LogP contribution in [0.5, 0.6) is 0 Å². The SMILES string of the molecule is CCNc1ccc(Cl)c(C(=O)NCCOCC)n1. The van der Waals surface area contributed by atoms with Crippen LogP contribution >= 0.6 is 11.6 Å². The smallest absolute Gasteiger partial charge is 0.271 e. The third kappa shape index (κ3) is 4.50. The number of ether oxygens (including phenoxy) is 1. The second-order valence-electron chi connectivity index (χ2n) is 3.51. The van der Waals surface area contributed by atoms with Crippen LogP contribution in [0.4, 0.5) is 5.82 Å². The molecule has 18 heavy (non-hydrogen) atoms. The normalized spacial score (nSPS) is 10.2. The third-order valence-electron chi connectivity index (χ3n) is 2.16. The van der Waals surface area contributed by atoms with Crippen molar-refractivity contribution >= 4 is 23.3 Å². The summed E-state index contributed by atoms with van der Waals surface area (Å²) in [6, 6.07) is 3.40. The average Bonchev–Trinajstić information content (AvgIpc) is 2.37. The molecule has 0 aromatic carbocycles. The number of halogens is 1.